The van der Waals surface area contributed by atoms with Crippen molar-refractivity contribution in [1.29, 1.82) is 0 Å². The number of nitrogens with two attached hydrogens (primary N) is 1. The van der Waals surface area contributed by atoms with Gasteiger partial charge in [0, 0.05) is 134 Å². The van der Waals surface area contributed by atoms with Crippen LogP contribution in [0.2, 0.25) is 5.15 Å². The average molecular weight is 1750 g/mol. The van der Waals surface area contributed by atoms with E-state index in [1.165, 1.54) is 144 Å². The largest absolute Gasteiger partial charge is 0.454 e. The van der Waals surface area contributed by atoms with Crippen LogP contribution in [0.4, 0.5) is 49.2 Å². The Balaban J connectivity index is 0.000000135. The Hall–Kier alpha value is -16.7. The fourth-order valence-corrected chi connectivity index (χ4v) is 14.7. The van der Waals surface area contributed by atoms with E-state index in [0.717, 1.165) is 95.3 Å². The Kier molecular flexibility index (Phi) is 23.3. The molecule has 18 aromatic rings. The van der Waals surface area contributed by atoms with Gasteiger partial charge in [-0.25, -0.2) is 26.3 Å². The minimum absolute atomic E-state index is 0.0331. The number of rotatable bonds is 22. The number of fused-ring (bicyclic) bond motifs is 3. The van der Waals surface area contributed by atoms with Gasteiger partial charge in [0.15, 0.2) is 34.7 Å². The molecule has 35 heteroatoms. The number of halogens is 7. The number of aryl methyl sites for hydroxylation is 3. The molecule has 9 aromatic carbocycles. The van der Waals surface area contributed by atoms with E-state index >= 15 is 13.2 Å². The maximum atomic E-state index is 15.4. The third-order valence-corrected chi connectivity index (χ3v) is 21.3. The lowest BCUT2D eigenvalue weighted by Crippen LogP contribution is -2.30. The standard InChI is InChI=1S/C33H26F2N6O3.C30H21ClF2N6O3.C30H23F2N7O3/c1-2-40-29-15-26(21-16-36-37-17-21)31(13-20(29)18-38-40)44-30-12-7-23(14-27(30)35)39-32(42)25-10-11-28(19-3-4-19)41(33(25)43)24-8-5-22(34)6-9-24;1-2-38-25-13-23(18-14-34-35-15-18)27(11-17(25)16-36-38)42-26-9-5-20(12-24(26)33)37-29(40)22-8-10-28(31)39(30(22)41)21-6-3-19(32)4-7-21;1-2-38-25-13-23(18-14-34-35-15-18)27(11-17(25)16-36-38)42-26-9-5-20(12-24(26)32)37-29(40)22-8-10-28(33)39(30(22)41)21-6-3-19(31)4-7-21/h5-19H,2-4H2,1H3,(H,36,37)(H,39,42);3-16H,2H2,1H3,(H,34,35)(H,37,40);3-16H,2,33H2,1H3,(H,34,35)(H,37,40). The molecule has 8 N–H and O–H groups in total. The van der Waals surface area contributed by atoms with Crippen LogP contribution in [-0.2, 0) is 19.6 Å². The highest BCUT2D eigenvalue weighted by atomic mass is 35.5. The van der Waals surface area contributed by atoms with Gasteiger partial charge in [-0.3, -0.25) is 71.8 Å². The summed E-state index contributed by atoms with van der Waals surface area (Å²) in [7, 11) is 0. The Morgan fingerprint density at radius 3 is 1.06 bits per heavy atom. The topological polar surface area (TPSA) is 347 Å². The van der Waals surface area contributed by atoms with Gasteiger partial charge in [0.05, 0.1) is 65.1 Å². The van der Waals surface area contributed by atoms with E-state index in [4.69, 9.17) is 31.5 Å². The summed E-state index contributed by atoms with van der Waals surface area (Å²) in [6.07, 6.45) is 17.1. The number of benzene rings is 9. The minimum atomic E-state index is -0.777. The van der Waals surface area contributed by atoms with Gasteiger partial charge < -0.3 is 35.9 Å². The third kappa shape index (κ3) is 17.3. The lowest BCUT2D eigenvalue weighted by atomic mass is 10.1. The molecule has 9 aromatic heterocycles. The van der Waals surface area contributed by atoms with E-state index < -0.39 is 69.3 Å². The molecule has 0 saturated heterocycles. The van der Waals surface area contributed by atoms with Crippen molar-refractivity contribution in [3.05, 3.63) is 349 Å². The predicted octanol–water partition coefficient (Wildman–Crippen LogP) is 18.9. The van der Waals surface area contributed by atoms with Crippen LogP contribution >= 0.6 is 11.6 Å². The number of nitrogens with one attached hydrogen (secondary N) is 6. The first kappa shape index (κ1) is 83.6. The summed E-state index contributed by atoms with van der Waals surface area (Å²) in [5, 5.41) is 43.7. The third-order valence-electron chi connectivity index (χ3n) is 21.0. The molecule has 1 aliphatic carbocycles. The van der Waals surface area contributed by atoms with Crippen LogP contribution in [0.25, 0.3) is 83.2 Å². The summed E-state index contributed by atoms with van der Waals surface area (Å²) in [6.45, 7) is 7.99. The normalized spacial score (nSPS) is 11.7. The number of nitrogens with zero attached hydrogens (tertiary/aromatic N) is 12. The number of hydrogen-bond donors (Lipinski definition) is 7. The molecule has 0 radical (unpaired) electrons. The van der Waals surface area contributed by atoms with E-state index in [1.54, 1.807) is 80.0 Å². The van der Waals surface area contributed by atoms with Crippen molar-refractivity contribution in [3.63, 3.8) is 0 Å². The van der Waals surface area contributed by atoms with Crippen LogP contribution in [-0.4, -0.2) is 91.4 Å². The molecular formula is C93H70ClF6N19O9. The van der Waals surface area contributed by atoms with Gasteiger partial charge in [-0.1, -0.05) is 11.6 Å². The van der Waals surface area contributed by atoms with Gasteiger partial charge in [0.1, 0.15) is 62.4 Å². The van der Waals surface area contributed by atoms with Gasteiger partial charge >= 0.3 is 0 Å². The molecule has 0 aliphatic heterocycles. The maximum absolute atomic E-state index is 15.4. The molecule has 640 valence electrons. The van der Waals surface area contributed by atoms with Crippen molar-refractivity contribution in [2.45, 2.75) is 59.2 Å². The van der Waals surface area contributed by atoms with Crippen LogP contribution in [0.3, 0.4) is 0 Å². The molecule has 1 aliphatic rings. The van der Waals surface area contributed by atoms with Crippen molar-refractivity contribution in [2.75, 3.05) is 21.7 Å². The summed E-state index contributed by atoms with van der Waals surface area (Å²) in [4.78, 5) is 78.9. The smallest absolute Gasteiger partial charge is 0.269 e. The molecule has 0 unspecified atom stereocenters. The number of pyridine rings is 3. The maximum Gasteiger partial charge on any atom is 0.269 e. The zero-order valence-electron chi connectivity index (χ0n) is 67.6. The summed E-state index contributed by atoms with van der Waals surface area (Å²) >= 11 is 6.19. The highest BCUT2D eigenvalue weighted by molar-refractivity contribution is 6.30. The van der Waals surface area contributed by atoms with E-state index in [1.807, 2.05) is 53.0 Å². The zero-order valence-corrected chi connectivity index (χ0v) is 68.4. The molecule has 0 bridgehead atoms. The summed E-state index contributed by atoms with van der Waals surface area (Å²) < 4.78 is 113. The number of H-pyrrole nitrogens is 3. The monoisotopic (exact) mass is 1750 g/mol. The molecule has 128 heavy (non-hydrogen) atoms. The highest BCUT2D eigenvalue weighted by Gasteiger charge is 2.30. The molecular weight excluding hydrogens is 1680 g/mol. The number of amides is 3. The van der Waals surface area contributed by atoms with E-state index in [-0.39, 0.29) is 79.3 Å². The Labute approximate surface area is 725 Å². The Morgan fingerprint density at radius 1 is 0.398 bits per heavy atom. The van der Waals surface area contributed by atoms with Crippen LogP contribution in [0.15, 0.2) is 270 Å². The first-order valence-corrected chi connectivity index (χ1v) is 40.2. The highest BCUT2D eigenvalue weighted by Crippen LogP contribution is 2.44. The number of hydrogen-bond acceptors (Lipinski definition) is 16. The fraction of sp³-hybridized carbons (Fsp3) is 0.0968. The molecule has 0 atom stereocenters. The molecule has 19 rings (SSSR count). The molecule has 0 spiro atoms. The Morgan fingerprint density at radius 2 is 0.727 bits per heavy atom. The number of aromatic amines is 3. The van der Waals surface area contributed by atoms with Gasteiger partial charge in [-0.15, -0.1) is 0 Å². The van der Waals surface area contributed by atoms with Crippen molar-refractivity contribution < 1.29 is 54.9 Å². The summed E-state index contributed by atoms with van der Waals surface area (Å²) in [6, 6.07) is 47.2. The Bertz CT molecular complexity index is 7190. The molecule has 1 saturated carbocycles. The fourth-order valence-electron chi connectivity index (χ4n) is 14.5. The number of carbonyl (C=O) groups excluding carboxylic acids is 3. The number of carbonyl (C=O) groups is 3. The SMILES string of the molecule is CCn1ncc2cc(Oc3ccc(NC(=O)c4ccc(C5CC5)n(-c5ccc(F)cc5)c4=O)cc3F)c(-c3cn[nH]c3)cc21.CCn1ncc2cc(Oc3ccc(NC(=O)c4ccc(Cl)n(-c5ccc(F)cc5)c4=O)cc3F)c(-c3cn[nH]c3)cc21.CCn1ncc2cc(Oc3ccc(NC(=O)c4ccc(N)n(-c5ccc(F)cc5)c4=O)cc3F)c(-c3cn[nH]c3)cc21. The lowest BCUT2D eigenvalue weighted by molar-refractivity contribution is 0.101. The van der Waals surface area contributed by atoms with E-state index in [0.29, 0.717) is 59.3 Å². The van der Waals surface area contributed by atoms with E-state index in [2.05, 4.69) is 61.8 Å². The van der Waals surface area contributed by atoms with Gasteiger partial charge in [-0.05, 0) is 222 Å². The number of nitrogen functional groups attached to an aromatic ring is 1. The average Bonchev–Trinajstić information content (AvgIpc) is 1.61. The second-order valence-corrected chi connectivity index (χ2v) is 29.6. The predicted molar refractivity (Wildman–Crippen MR) is 470 cm³/mol. The number of aromatic nitrogens is 15. The first-order chi connectivity index (χ1) is 62.0. The summed E-state index contributed by atoms with van der Waals surface area (Å²) in [5.41, 5.74) is 12.5. The molecule has 1 fully saturated rings. The van der Waals surface area contributed by atoms with Crippen molar-refractivity contribution in [1.82, 2.24) is 73.6 Å². The van der Waals surface area contributed by atoms with Crippen LogP contribution in [0, 0.1) is 34.9 Å². The van der Waals surface area contributed by atoms with Crippen molar-refractivity contribution in [2.24, 2.45) is 0 Å². The molecule has 3 amide bonds. The zero-order chi connectivity index (χ0) is 89.1. The molecule has 9 heterocycles. The van der Waals surface area contributed by atoms with Crippen LogP contribution in [0.1, 0.15) is 76.3 Å². The van der Waals surface area contributed by atoms with Gasteiger partial charge in [0.2, 0.25) is 0 Å². The lowest BCUT2D eigenvalue weighted by Gasteiger charge is -2.15. The van der Waals surface area contributed by atoms with E-state index in [9.17, 15) is 41.9 Å². The first-order valence-electron chi connectivity index (χ1n) is 39.8. The van der Waals surface area contributed by atoms with Crippen molar-refractivity contribution >= 4 is 84.9 Å². The number of ether oxygens (including phenoxy) is 3. The van der Waals surface area contributed by atoms with Gasteiger partial charge in [0.25, 0.3) is 34.4 Å². The minimum Gasteiger partial charge on any atom is -0.454 e. The summed E-state index contributed by atoms with van der Waals surface area (Å²) in [5.74, 6) is -4.61. The number of anilines is 4. The van der Waals surface area contributed by atoms with Crippen molar-refractivity contribution in [3.8, 4) is 84.9 Å². The second-order valence-electron chi connectivity index (χ2n) is 29.2. The van der Waals surface area contributed by atoms with Crippen LogP contribution < -0.4 is 52.6 Å². The van der Waals surface area contributed by atoms with Crippen LogP contribution in [0.5, 0.6) is 34.5 Å². The molecule has 28 nitrogen and oxygen atoms in total. The van der Waals surface area contributed by atoms with Gasteiger partial charge in [-0.2, -0.15) is 30.6 Å². The quantitative estimate of drug-likeness (QED) is 0.0245. The second kappa shape index (κ2) is 35.7.